The lowest BCUT2D eigenvalue weighted by Crippen LogP contribution is -2.29. The summed E-state index contributed by atoms with van der Waals surface area (Å²) in [6.45, 7) is 0.712. The standard InChI is InChI=1S/C13H17N3O/c14-8-1-2-10-3-5-11(6-4-10)12-7-9-15-16-13(12)17/h3-6,9,12H,1-2,7-8,14H2,(H,16,17). The molecule has 0 radical (unpaired) electrons. The highest BCUT2D eigenvalue weighted by Gasteiger charge is 2.21. The summed E-state index contributed by atoms with van der Waals surface area (Å²) in [7, 11) is 0. The Morgan fingerprint density at radius 1 is 1.35 bits per heavy atom. The molecular weight excluding hydrogens is 214 g/mol. The van der Waals surface area contributed by atoms with Crippen LogP contribution in [0.3, 0.4) is 0 Å². The Morgan fingerprint density at radius 3 is 2.76 bits per heavy atom. The van der Waals surface area contributed by atoms with Crippen molar-refractivity contribution in [2.24, 2.45) is 10.8 Å². The van der Waals surface area contributed by atoms with E-state index in [-0.39, 0.29) is 11.8 Å². The predicted octanol–water partition coefficient (Wildman–Crippen LogP) is 1.17. The molecule has 17 heavy (non-hydrogen) atoms. The summed E-state index contributed by atoms with van der Waals surface area (Å²) in [5.74, 6) is -0.127. The summed E-state index contributed by atoms with van der Waals surface area (Å²) in [6, 6.07) is 8.19. The second-order valence-electron chi connectivity index (χ2n) is 4.21. The van der Waals surface area contributed by atoms with Crippen LogP contribution in [-0.2, 0) is 11.2 Å². The van der Waals surface area contributed by atoms with E-state index in [1.54, 1.807) is 6.21 Å². The molecule has 2 rings (SSSR count). The van der Waals surface area contributed by atoms with Crippen molar-refractivity contribution >= 4 is 12.1 Å². The molecule has 0 aromatic heterocycles. The fraction of sp³-hybridized carbons (Fsp3) is 0.385. The highest BCUT2D eigenvalue weighted by atomic mass is 16.2. The first kappa shape index (κ1) is 11.8. The van der Waals surface area contributed by atoms with Crippen LogP contribution in [0.25, 0.3) is 0 Å². The minimum absolute atomic E-state index is 0.0257. The summed E-state index contributed by atoms with van der Waals surface area (Å²) in [6.07, 6.45) is 4.41. The lowest BCUT2D eigenvalue weighted by Gasteiger charge is -2.17. The second-order valence-corrected chi connectivity index (χ2v) is 4.21. The number of hydrogen-bond acceptors (Lipinski definition) is 3. The zero-order valence-corrected chi connectivity index (χ0v) is 9.73. The van der Waals surface area contributed by atoms with Gasteiger partial charge >= 0.3 is 0 Å². The molecule has 0 bridgehead atoms. The Hall–Kier alpha value is -1.68. The fourth-order valence-electron chi connectivity index (χ4n) is 1.96. The molecule has 1 aromatic rings. The number of nitrogens with two attached hydrogens (primary N) is 1. The molecule has 0 saturated heterocycles. The summed E-state index contributed by atoms with van der Waals surface area (Å²) in [5.41, 5.74) is 10.3. The maximum atomic E-state index is 11.6. The van der Waals surface area contributed by atoms with E-state index in [0.717, 1.165) is 18.4 Å². The van der Waals surface area contributed by atoms with Crippen molar-refractivity contribution in [3.63, 3.8) is 0 Å². The maximum absolute atomic E-state index is 11.6. The largest absolute Gasteiger partial charge is 0.330 e. The molecule has 1 amide bonds. The van der Waals surface area contributed by atoms with Gasteiger partial charge in [-0.3, -0.25) is 4.79 Å². The van der Waals surface area contributed by atoms with Gasteiger partial charge in [-0.15, -0.1) is 0 Å². The Morgan fingerprint density at radius 2 is 2.12 bits per heavy atom. The van der Waals surface area contributed by atoms with E-state index in [1.165, 1.54) is 5.56 Å². The third kappa shape index (κ3) is 2.91. The van der Waals surface area contributed by atoms with Crippen LogP contribution in [0, 0.1) is 0 Å². The van der Waals surface area contributed by atoms with Crippen LogP contribution in [0.5, 0.6) is 0 Å². The molecule has 90 valence electrons. The molecule has 0 fully saturated rings. The van der Waals surface area contributed by atoms with E-state index in [0.29, 0.717) is 13.0 Å². The number of benzene rings is 1. The van der Waals surface area contributed by atoms with Crippen LogP contribution in [0.2, 0.25) is 0 Å². The molecule has 1 aromatic carbocycles. The summed E-state index contributed by atoms with van der Waals surface area (Å²) in [4.78, 5) is 11.6. The van der Waals surface area contributed by atoms with Crippen LogP contribution in [0.15, 0.2) is 29.4 Å². The van der Waals surface area contributed by atoms with Gasteiger partial charge in [0.05, 0.1) is 5.92 Å². The van der Waals surface area contributed by atoms with Crippen molar-refractivity contribution in [3.05, 3.63) is 35.4 Å². The second kappa shape index (κ2) is 5.59. The number of aryl methyl sites for hydroxylation is 1. The zero-order chi connectivity index (χ0) is 12.1. The van der Waals surface area contributed by atoms with Crippen LogP contribution in [-0.4, -0.2) is 18.7 Å². The van der Waals surface area contributed by atoms with E-state index in [4.69, 9.17) is 5.73 Å². The normalized spacial score (nSPS) is 19.1. The van der Waals surface area contributed by atoms with E-state index < -0.39 is 0 Å². The van der Waals surface area contributed by atoms with Crippen molar-refractivity contribution in [2.45, 2.75) is 25.2 Å². The number of carbonyl (C=O) groups is 1. The van der Waals surface area contributed by atoms with Gasteiger partial charge in [0.1, 0.15) is 0 Å². The van der Waals surface area contributed by atoms with Gasteiger partial charge in [0.15, 0.2) is 0 Å². The van der Waals surface area contributed by atoms with E-state index in [2.05, 4.69) is 22.7 Å². The Kier molecular flexibility index (Phi) is 3.88. The fourth-order valence-corrected chi connectivity index (χ4v) is 1.96. The van der Waals surface area contributed by atoms with Crippen molar-refractivity contribution in [1.29, 1.82) is 0 Å². The van der Waals surface area contributed by atoms with Gasteiger partial charge < -0.3 is 5.73 Å². The molecule has 3 N–H and O–H groups in total. The number of rotatable bonds is 4. The van der Waals surface area contributed by atoms with Gasteiger partial charge in [0.2, 0.25) is 5.91 Å². The van der Waals surface area contributed by atoms with Gasteiger partial charge in [0.25, 0.3) is 0 Å². The van der Waals surface area contributed by atoms with Gasteiger partial charge in [-0.05, 0) is 30.5 Å². The molecule has 1 aliphatic heterocycles. The molecule has 0 saturated carbocycles. The number of hydrogen-bond donors (Lipinski definition) is 2. The predicted molar refractivity (Wildman–Crippen MR) is 67.8 cm³/mol. The molecule has 4 nitrogen and oxygen atoms in total. The average Bonchev–Trinajstić information content (AvgIpc) is 2.38. The first-order valence-corrected chi connectivity index (χ1v) is 5.91. The molecule has 1 heterocycles. The summed E-state index contributed by atoms with van der Waals surface area (Å²) in [5, 5.41) is 3.75. The highest BCUT2D eigenvalue weighted by molar-refractivity contribution is 5.89. The lowest BCUT2D eigenvalue weighted by atomic mass is 9.93. The van der Waals surface area contributed by atoms with Crippen molar-refractivity contribution in [1.82, 2.24) is 5.43 Å². The van der Waals surface area contributed by atoms with E-state index in [1.807, 2.05) is 12.1 Å². The lowest BCUT2D eigenvalue weighted by molar-refractivity contribution is -0.122. The van der Waals surface area contributed by atoms with Crippen molar-refractivity contribution < 1.29 is 4.79 Å². The maximum Gasteiger partial charge on any atom is 0.247 e. The molecule has 0 aliphatic carbocycles. The Labute approximate surface area is 101 Å². The Bertz CT molecular complexity index is 411. The van der Waals surface area contributed by atoms with Gasteiger partial charge in [-0.2, -0.15) is 5.10 Å². The molecular formula is C13H17N3O. The number of nitrogens with one attached hydrogen (secondary N) is 1. The summed E-state index contributed by atoms with van der Waals surface area (Å²) < 4.78 is 0. The number of nitrogens with zero attached hydrogens (tertiary/aromatic N) is 1. The minimum atomic E-state index is -0.101. The topological polar surface area (TPSA) is 67.5 Å². The Balaban J connectivity index is 2.06. The van der Waals surface area contributed by atoms with Crippen molar-refractivity contribution in [3.8, 4) is 0 Å². The highest BCUT2D eigenvalue weighted by Crippen LogP contribution is 2.21. The smallest absolute Gasteiger partial charge is 0.247 e. The third-order valence-corrected chi connectivity index (χ3v) is 2.98. The minimum Gasteiger partial charge on any atom is -0.330 e. The molecule has 1 atom stereocenters. The summed E-state index contributed by atoms with van der Waals surface area (Å²) >= 11 is 0. The molecule has 1 unspecified atom stereocenters. The van der Waals surface area contributed by atoms with E-state index in [9.17, 15) is 4.79 Å². The van der Waals surface area contributed by atoms with Crippen LogP contribution in [0.4, 0.5) is 0 Å². The third-order valence-electron chi connectivity index (χ3n) is 2.98. The number of amides is 1. The molecule has 4 heteroatoms. The monoisotopic (exact) mass is 231 g/mol. The SMILES string of the molecule is NCCCc1ccc(C2CC=NNC2=O)cc1. The van der Waals surface area contributed by atoms with Gasteiger partial charge in [0, 0.05) is 12.6 Å². The number of hydrazone groups is 1. The van der Waals surface area contributed by atoms with Crippen LogP contribution < -0.4 is 11.2 Å². The molecule has 0 spiro atoms. The quantitative estimate of drug-likeness (QED) is 0.816. The van der Waals surface area contributed by atoms with E-state index >= 15 is 0 Å². The van der Waals surface area contributed by atoms with Crippen molar-refractivity contribution in [2.75, 3.05) is 6.54 Å². The van der Waals surface area contributed by atoms with Gasteiger partial charge in [-0.25, -0.2) is 5.43 Å². The van der Waals surface area contributed by atoms with Gasteiger partial charge in [-0.1, -0.05) is 24.3 Å². The average molecular weight is 231 g/mol. The zero-order valence-electron chi connectivity index (χ0n) is 9.73. The molecule has 1 aliphatic rings. The first-order chi connectivity index (χ1) is 8.31. The first-order valence-electron chi connectivity index (χ1n) is 5.91. The number of carbonyl (C=O) groups excluding carboxylic acids is 1. The van der Waals surface area contributed by atoms with Crippen LogP contribution >= 0.6 is 0 Å². The van der Waals surface area contributed by atoms with Crippen LogP contribution in [0.1, 0.15) is 29.9 Å².